The first-order valence-corrected chi connectivity index (χ1v) is 6.54. The highest BCUT2D eigenvalue weighted by Gasteiger charge is 2.09. The molecule has 0 spiro atoms. The molecule has 0 unspecified atom stereocenters. The van der Waals surface area contributed by atoms with E-state index in [9.17, 15) is 13.3 Å². The van der Waals surface area contributed by atoms with E-state index in [4.69, 9.17) is 0 Å². The van der Waals surface area contributed by atoms with Crippen LogP contribution in [-0.4, -0.2) is 21.2 Å². The van der Waals surface area contributed by atoms with Crippen molar-refractivity contribution >= 4 is 21.4 Å². The molecular formula is C9H13N3O3S. The molecule has 1 N–H and O–H groups in total. The van der Waals surface area contributed by atoms with Gasteiger partial charge < -0.3 is 0 Å². The van der Waals surface area contributed by atoms with Crippen LogP contribution in [0.2, 0.25) is 0 Å². The molecule has 0 saturated heterocycles. The Kier molecular flexibility index (Phi) is 3.97. The first-order chi connectivity index (χ1) is 7.46. The van der Waals surface area contributed by atoms with Crippen LogP contribution in [0.5, 0.6) is 0 Å². The van der Waals surface area contributed by atoms with E-state index in [1.807, 2.05) is 6.92 Å². The van der Waals surface area contributed by atoms with Gasteiger partial charge in [-0.1, -0.05) is 0 Å². The number of sulfonamides is 1. The average molecular weight is 243 g/mol. The lowest BCUT2D eigenvalue weighted by atomic mass is 10.3. The molecule has 0 bridgehead atoms. The summed E-state index contributed by atoms with van der Waals surface area (Å²) < 4.78 is 22.2. The van der Waals surface area contributed by atoms with Gasteiger partial charge >= 0.3 is 0 Å². The fourth-order valence-corrected chi connectivity index (χ4v) is 1.83. The molecule has 1 rings (SSSR count). The third kappa shape index (κ3) is 3.59. The second-order valence-corrected chi connectivity index (χ2v) is 4.94. The highest BCUT2D eigenvalue weighted by molar-refractivity contribution is 7.88. The van der Waals surface area contributed by atoms with Crippen LogP contribution in [-0.2, 0) is 10.0 Å². The van der Waals surface area contributed by atoms with E-state index in [1.165, 1.54) is 17.1 Å². The Hall–Kier alpha value is -1.47. The van der Waals surface area contributed by atoms with Gasteiger partial charge in [0.05, 0.1) is 11.9 Å². The molecule has 16 heavy (non-hydrogen) atoms. The van der Waals surface area contributed by atoms with Crippen LogP contribution in [0.15, 0.2) is 29.4 Å². The maximum atomic E-state index is 11.1. The molecule has 0 aromatic heterocycles. The molecule has 0 aliphatic carbocycles. The van der Waals surface area contributed by atoms with Crippen molar-refractivity contribution in [2.24, 2.45) is 5.18 Å². The monoisotopic (exact) mass is 243 g/mol. The van der Waals surface area contributed by atoms with Gasteiger partial charge in [-0.15, -0.1) is 9.74 Å². The molecule has 7 heteroatoms. The lowest BCUT2D eigenvalue weighted by Gasteiger charge is -2.22. The Balaban J connectivity index is 2.91. The highest BCUT2D eigenvalue weighted by atomic mass is 32.2. The van der Waals surface area contributed by atoms with Gasteiger partial charge in [-0.2, -0.15) is 0 Å². The molecule has 88 valence electrons. The summed E-state index contributed by atoms with van der Waals surface area (Å²) in [5, 5.41) is 4.23. The van der Waals surface area contributed by atoms with E-state index in [1.54, 1.807) is 12.1 Å². The highest BCUT2D eigenvalue weighted by Crippen LogP contribution is 2.18. The quantitative estimate of drug-likeness (QED) is 0.625. The second kappa shape index (κ2) is 5.04. The average Bonchev–Trinajstić information content (AvgIpc) is 2.25. The minimum absolute atomic E-state index is 0.305. The van der Waals surface area contributed by atoms with Crippen molar-refractivity contribution in [2.75, 3.05) is 17.8 Å². The number of nitrogens with zero attached hydrogens (tertiary/aromatic N) is 2. The van der Waals surface area contributed by atoms with E-state index in [0.29, 0.717) is 17.9 Å². The van der Waals surface area contributed by atoms with Gasteiger partial charge in [0.2, 0.25) is 10.0 Å². The fraction of sp³-hybridized carbons (Fsp3) is 0.333. The molecule has 1 aromatic rings. The van der Waals surface area contributed by atoms with Gasteiger partial charge in [0.1, 0.15) is 5.69 Å². The summed E-state index contributed by atoms with van der Waals surface area (Å²) in [6.45, 7) is 2.28. The Morgan fingerprint density at radius 1 is 1.31 bits per heavy atom. The Labute approximate surface area is 94.3 Å². The molecule has 0 atom stereocenters. The predicted octanol–water partition coefficient (Wildman–Crippen LogP) is 1.38. The standard InChI is InChI=1S/C9H13N3O3S/c1-3-12(11-16(2,14)15)9-6-4-8(10-13)5-7-9/h4-7,11H,3H2,1-2H3. The van der Waals surface area contributed by atoms with E-state index in [0.717, 1.165) is 6.26 Å². The summed E-state index contributed by atoms with van der Waals surface area (Å²) in [6.07, 6.45) is 1.08. The molecule has 0 saturated carbocycles. The molecule has 0 radical (unpaired) electrons. The maximum Gasteiger partial charge on any atom is 0.225 e. The van der Waals surface area contributed by atoms with Crippen LogP contribution in [0.4, 0.5) is 11.4 Å². The smallest absolute Gasteiger partial charge is 0.225 e. The van der Waals surface area contributed by atoms with Crippen LogP contribution >= 0.6 is 0 Å². The molecule has 1 aromatic carbocycles. The topological polar surface area (TPSA) is 78.8 Å². The fourth-order valence-electron chi connectivity index (χ4n) is 1.19. The van der Waals surface area contributed by atoms with E-state index in [-0.39, 0.29) is 0 Å². The number of nitrogens with one attached hydrogen (secondary N) is 1. The van der Waals surface area contributed by atoms with Crippen LogP contribution < -0.4 is 9.84 Å². The molecular weight excluding hydrogens is 230 g/mol. The lowest BCUT2D eigenvalue weighted by molar-refractivity contribution is 0.583. The van der Waals surface area contributed by atoms with Crippen molar-refractivity contribution in [3.63, 3.8) is 0 Å². The van der Waals surface area contributed by atoms with Crippen molar-refractivity contribution in [2.45, 2.75) is 6.92 Å². The maximum absolute atomic E-state index is 11.1. The summed E-state index contributed by atoms with van der Waals surface area (Å²) in [5.74, 6) is 0. The van der Waals surface area contributed by atoms with Gasteiger partial charge in [-0.3, -0.25) is 5.01 Å². The number of hydrogen-bond acceptors (Lipinski definition) is 5. The second-order valence-electron chi connectivity index (χ2n) is 3.22. The first-order valence-electron chi connectivity index (χ1n) is 4.64. The van der Waals surface area contributed by atoms with Crippen molar-refractivity contribution in [1.82, 2.24) is 4.83 Å². The summed E-state index contributed by atoms with van der Waals surface area (Å²) >= 11 is 0. The Morgan fingerprint density at radius 2 is 1.88 bits per heavy atom. The van der Waals surface area contributed by atoms with Crippen molar-refractivity contribution in [3.8, 4) is 0 Å². The van der Waals surface area contributed by atoms with Crippen molar-refractivity contribution in [3.05, 3.63) is 29.2 Å². The van der Waals surface area contributed by atoms with Crippen molar-refractivity contribution in [1.29, 1.82) is 0 Å². The summed E-state index contributed by atoms with van der Waals surface area (Å²) in [7, 11) is -3.31. The minimum atomic E-state index is -3.31. The lowest BCUT2D eigenvalue weighted by Crippen LogP contribution is -2.41. The zero-order chi connectivity index (χ0) is 12.2. The molecule has 0 amide bonds. The number of hydrazine groups is 1. The van der Waals surface area contributed by atoms with Gasteiger partial charge in [-0.25, -0.2) is 8.42 Å². The number of nitroso groups, excluding NO2 is 1. The summed E-state index contributed by atoms with van der Waals surface area (Å²) in [6, 6.07) is 6.29. The number of benzene rings is 1. The van der Waals surface area contributed by atoms with E-state index in [2.05, 4.69) is 10.0 Å². The molecule has 0 aliphatic rings. The van der Waals surface area contributed by atoms with Gasteiger partial charge in [0.15, 0.2) is 0 Å². The van der Waals surface area contributed by atoms with Gasteiger partial charge in [-0.05, 0) is 36.4 Å². The SMILES string of the molecule is CCN(NS(C)(=O)=O)c1ccc(N=O)cc1. The largest absolute Gasteiger partial charge is 0.295 e. The molecule has 0 heterocycles. The molecule has 0 aliphatic heterocycles. The first kappa shape index (κ1) is 12.6. The zero-order valence-electron chi connectivity index (χ0n) is 9.04. The van der Waals surface area contributed by atoms with Crippen LogP contribution in [0, 0.1) is 4.91 Å². The zero-order valence-corrected chi connectivity index (χ0v) is 9.86. The van der Waals surface area contributed by atoms with E-state index >= 15 is 0 Å². The number of rotatable bonds is 5. The third-order valence-electron chi connectivity index (χ3n) is 1.86. The number of hydrogen-bond donors (Lipinski definition) is 1. The Morgan fingerprint density at radius 3 is 2.25 bits per heavy atom. The minimum Gasteiger partial charge on any atom is -0.295 e. The van der Waals surface area contributed by atoms with Crippen LogP contribution in [0.3, 0.4) is 0 Å². The van der Waals surface area contributed by atoms with Gasteiger partial charge in [0.25, 0.3) is 0 Å². The van der Waals surface area contributed by atoms with Gasteiger partial charge in [0, 0.05) is 6.54 Å². The molecule has 0 fully saturated rings. The molecule has 6 nitrogen and oxygen atoms in total. The summed E-state index contributed by atoms with van der Waals surface area (Å²) in [4.78, 5) is 12.6. The summed E-state index contributed by atoms with van der Waals surface area (Å²) in [5.41, 5.74) is 0.958. The number of anilines is 1. The van der Waals surface area contributed by atoms with Crippen LogP contribution in [0.25, 0.3) is 0 Å². The predicted molar refractivity (Wildman–Crippen MR) is 62.9 cm³/mol. The van der Waals surface area contributed by atoms with Crippen LogP contribution in [0.1, 0.15) is 6.92 Å². The van der Waals surface area contributed by atoms with Crippen molar-refractivity contribution < 1.29 is 8.42 Å². The van der Waals surface area contributed by atoms with E-state index < -0.39 is 10.0 Å². The Bertz CT molecular complexity index is 455. The third-order valence-corrected chi connectivity index (χ3v) is 2.41. The normalized spacial score (nSPS) is 11.1.